The lowest BCUT2D eigenvalue weighted by Crippen LogP contribution is -2.32. The van der Waals surface area contributed by atoms with Crippen molar-refractivity contribution in [1.82, 2.24) is 4.90 Å². The smallest absolute Gasteiger partial charge is 0.295 e. The van der Waals surface area contributed by atoms with Gasteiger partial charge in [0.05, 0.1) is 24.8 Å². The molecule has 0 aliphatic carbocycles. The Bertz CT molecular complexity index is 986. The van der Waals surface area contributed by atoms with Gasteiger partial charge >= 0.3 is 0 Å². The molecular formula is C22H22BrNO6. The number of Topliss-reactive ketones (excluding diaryl/α,β-unsaturated/α-hetero) is 1. The van der Waals surface area contributed by atoms with Crippen LogP contribution in [0.2, 0.25) is 0 Å². The number of methoxy groups -OCH3 is 1. The minimum absolute atomic E-state index is 0.0217. The SMILES string of the molecule is CCOc1cc(C2/C(=C(/O)c3ccc(Br)cc3)C(=O)C(=O)N2CCOC)ccc1O. The molecule has 0 aromatic heterocycles. The van der Waals surface area contributed by atoms with E-state index in [4.69, 9.17) is 9.47 Å². The quantitative estimate of drug-likeness (QED) is 0.360. The van der Waals surface area contributed by atoms with Crippen molar-refractivity contribution in [2.24, 2.45) is 0 Å². The van der Waals surface area contributed by atoms with Gasteiger partial charge in [0.1, 0.15) is 5.76 Å². The number of phenolic OH excluding ortho intramolecular Hbond substituents is 1. The summed E-state index contributed by atoms with van der Waals surface area (Å²) in [5.41, 5.74) is 0.925. The van der Waals surface area contributed by atoms with Gasteiger partial charge in [-0.1, -0.05) is 34.1 Å². The van der Waals surface area contributed by atoms with Crippen LogP contribution in [-0.2, 0) is 14.3 Å². The third-order valence-electron chi connectivity index (χ3n) is 4.79. The van der Waals surface area contributed by atoms with Crippen LogP contribution in [0.3, 0.4) is 0 Å². The second-order valence-corrected chi connectivity index (χ2v) is 7.57. The van der Waals surface area contributed by atoms with Gasteiger partial charge in [-0.05, 0) is 36.8 Å². The Balaban J connectivity index is 2.17. The van der Waals surface area contributed by atoms with Crippen molar-refractivity contribution in [2.45, 2.75) is 13.0 Å². The molecule has 158 valence electrons. The summed E-state index contributed by atoms with van der Waals surface area (Å²) in [5, 5.41) is 21.0. The molecular weight excluding hydrogens is 454 g/mol. The average molecular weight is 476 g/mol. The summed E-state index contributed by atoms with van der Waals surface area (Å²) in [4.78, 5) is 27.0. The Morgan fingerprint density at radius 3 is 2.50 bits per heavy atom. The van der Waals surface area contributed by atoms with Gasteiger partial charge in [-0.3, -0.25) is 9.59 Å². The van der Waals surface area contributed by atoms with Crippen LogP contribution >= 0.6 is 15.9 Å². The highest BCUT2D eigenvalue weighted by Gasteiger charge is 2.46. The number of ether oxygens (including phenoxy) is 2. The minimum Gasteiger partial charge on any atom is -0.507 e. The molecule has 3 rings (SSSR count). The predicted octanol–water partition coefficient (Wildman–Crippen LogP) is 3.62. The molecule has 1 unspecified atom stereocenters. The molecule has 2 aromatic carbocycles. The maximum atomic E-state index is 12.9. The number of ketones is 1. The Labute approximate surface area is 182 Å². The first-order chi connectivity index (χ1) is 14.4. The monoisotopic (exact) mass is 475 g/mol. The zero-order valence-electron chi connectivity index (χ0n) is 16.6. The van der Waals surface area contributed by atoms with E-state index >= 15 is 0 Å². The van der Waals surface area contributed by atoms with Crippen LogP contribution in [0.4, 0.5) is 0 Å². The Hall–Kier alpha value is -2.84. The van der Waals surface area contributed by atoms with Gasteiger partial charge in [0.15, 0.2) is 11.5 Å². The van der Waals surface area contributed by atoms with Crippen LogP contribution in [0, 0.1) is 0 Å². The Kier molecular flexibility index (Phi) is 6.79. The van der Waals surface area contributed by atoms with E-state index in [0.717, 1.165) is 4.47 Å². The maximum Gasteiger partial charge on any atom is 0.295 e. The maximum absolute atomic E-state index is 12.9. The normalized spacial score (nSPS) is 18.1. The molecule has 30 heavy (non-hydrogen) atoms. The van der Waals surface area contributed by atoms with E-state index in [1.165, 1.54) is 18.1 Å². The number of aliphatic hydroxyl groups is 1. The number of aromatic hydroxyl groups is 1. The molecule has 1 aliphatic heterocycles. The lowest BCUT2D eigenvalue weighted by molar-refractivity contribution is -0.140. The highest BCUT2D eigenvalue weighted by Crippen LogP contribution is 2.41. The number of likely N-dealkylation sites (tertiary alicyclic amines) is 1. The molecule has 0 bridgehead atoms. The largest absolute Gasteiger partial charge is 0.507 e. The highest BCUT2D eigenvalue weighted by atomic mass is 79.9. The summed E-state index contributed by atoms with van der Waals surface area (Å²) in [6.45, 7) is 2.50. The van der Waals surface area contributed by atoms with Gasteiger partial charge in [-0.25, -0.2) is 0 Å². The number of nitrogens with zero attached hydrogens (tertiary/aromatic N) is 1. The molecule has 2 aromatic rings. The number of carbonyl (C=O) groups is 2. The summed E-state index contributed by atoms with van der Waals surface area (Å²) in [6, 6.07) is 10.5. The number of halogens is 1. The van der Waals surface area contributed by atoms with Crippen LogP contribution < -0.4 is 4.74 Å². The first-order valence-corrected chi connectivity index (χ1v) is 10.2. The zero-order chi connectivity index (χ0) is 21.8. The van der Waals surface area contributed by atoms with Gasteiger partial charge < -0.3 is 24.6 Å². The third-order valence-corrected chi connectivity index (χ3v) is 5.32. The van der Waals surface area contributed by atoms with E-state index in [2.05, 4.69) is 15.9 Å². The van der Waals surface area contributed by atoms with E-state index in [1.54, 1.807) is 43.3 Å². The molecule has 1 amide bonds. The van der Waals surface area contributed by atoms with E-state index in [-0.39, 0.29) is 36.0 Å². The summed E-state index contributed by atoms with van der Waals surface area (Å²) in [7, 11) is 1.50. The second-order valence-electron chi connectivity index (χ2n) is 6.65. The van der Waals surface area contributed by atoms with Crippen LogP contribution in [0.1, 0.15) is 24.1 Å². The highest BCUT2D eigenvalue weighted by molar-refractivity contribution is 9.10. The number of carbonyl (C=O) groups excluding carboxylic acids is 2. The Morgan fingerprint density at radius 1 is 1.17 bits per heavy atom. The predicted molar refractivity (Wildman–Crippen MR) is 114 cm³/mol. The van der Waals surface area contributed by atoms with Crippen LogP contribution in [-0.4, -0.2) is 53.7 Å². The molecule has 1 aliphatic rings. The average Bonchev–Trinajstić information content (AvgIpc) is 2.98. The fourth-order valence-electron chi connectivity index (χ4n) is 3.38. The van der Waals surface area contributed by atoms with Crippen LogP contribution in [0.25, 0.3) is 5.76 Å². The fourth-order valence-corrected chi connectivity index (χ4v) is 3.65. The van der Waals surface area contributed by atoms with Gasteiger partial charge in [-0.2, -0.15) is 0 Å². The second kappa shape index (κ2) is 9.32. The summed E-state index contributed by atoms with van der Waals surface area (Å²) >= 11 is 3.34. The molecule has 1 heterocycles. The molecule has 7 nitrogen and oxygen atoms in total. The topological polar surface area (TPSA) is 96.3 Å². The van der Waals surface area contributed by atoms with Crippen molar-refractivity contribution in [3.8, 4) is 11.5 Å². The summed E-state index contributed by atoms with van der Waals surface area (Å²) < 4.78 is 11.4. The number of rotatable bonds is 7. The molecule has 0 saturated carbocycles. The van der Waals surface area contributed by atoms with E-state index in [0.29, 0.717) is 17.7 Å². The first kappa shape index (κ1) is 21.9. The van der Waals surface area contributed by atoms with E-state index in [9.17, 15) is 19.8 Å². The molecule has 1 atom stereocenters. The molecule has 1 fully saturated rings. The molecule has 1 saturated heterocycles. The first-order valence-electron chi connectivity index (χ1n) is 9.38. The molecule has 0 spiro atoms. The van der Waals surface area contributed by atoms with Gasteiger partial charge in [0, 0.05) is 23.7 Å². The van der Waals surface area contributed by atoms with Crippen LogP contribution in [0.15, 0.2) is 52.5 Å². The number of benzene rings is 2. The number of hydrogen-bond donors (Lipinski definition) is 2. The van der Waals surface area contributed by atoms with Crippen molar-refractivity contribution < 1.29 is 29.3 Å². The number of hydrogen-bond acceptors (Lipinski definition) is 6. The van der Waals surface area contributed by atoms with Crippen molar-refractivity contribution in [2.75, 3.05) is 26.9 Å². The fraction of sp³-hybridized carbons (Fsp3) is 0.273. The third kappa shape index (κ3) is 4.20. The van der Waals surface area contributed by atoms with Crippen LogP contribution in [0.5, 0.6) is 11.5 Å². The summed E-state index contributed by atoms with van der Waals surface area (Å²) in [5.74, 6) is -1.58. The summed E-state index contributed by atoms with van der Waals surface area (Å²) in [6.07, 6.45) is 0. The van der Waals surface area contributed by atoms with E-state index in [1.807, 2.05) is 0 Å². The van der Waals surface area contributed by atoms with Gasteiger partial charge in [-0.15, -0.1) is 0 Å². The van der Waals surface area contributed by atoms with Gasteiger partial charge in [0.25, 0.3) is 11.7 Å². The number of amides is 1. The molecule has 0 radical (unpaired) electrons. The number of aliphatic hydroxyl groups excluding tert-OH is 1. The standard InChI is InChI=1S/C22H22BrNO6/c1-3-30-17-12-14(6-9-16(17)25)19-18(20(26)13-4-7-15(23)8-5-13)21(27)22(28)24(19)10-11-29-2/h4-9,12,19,25-26H,3,10-11H2,1-2H3/b20-18-. The molecule has 8 heteroatoms. The van der Waals surface area contributed by atoms with Gasteiger partial charge in [0.2, 0.25) is 0 Å². The van der Waals surface area contributed by atoms with Crippen molar-refractivity contribution in [3.63, 3.8) is 0 Å². The minimum atomic E-state index is -0.844. The van der Waals surface area contributed by atoms with Crippen molar-refractivity contribution in [3.05, 3.63) is 63.6 Å². The zero-order valence-corrected chi connectivity index (χ0v) is 18.2. The molecule has 2 N–H and O–H groups in total. The Morgan fingerprint density at radius 2 is 1.87 bits per heavy atom. The lowest BCUT2D eigenvalue weighted by atomic mass is 9.95. The lowest BCUT2D eigenvalue weighted by Gasteiger charge is -2.25. The van der Waals surface area contributed by atoms with Crippen molar-refractivity contribution in [1.29, 1.82) is 0 Å². The number of phenols is 1. The van der Waals surface area contributed by atoms with Crippen molar-refractivity contribution >= 4 is 33.4 Å². The van der Waals surface area contributed by atoms with E-state index < -0.39 is 17.7 Å².